The van der Waals surface area contributed by atoms with Crippen LogP contribution in [-0.2, 0) is 28.5 Å². The lowest BCUT2D eigenvalue weighted by Gasteiger charge is -2.43. The second-order valence-corrected chi connectivity index (χ2v) is 15.2. The van der Waals surface area contributed by atoms with Gasteiger partial charge in [-0.2, -0.15) is 0 Å². The Morgan fingerprint density at radius 2 is 1.67 bits per heavy atom. The van der Waals surface area contributed by atoms with Gasteiger partial charge in [0.1, 0.15) is 23.9 Å². The van der Waals surface area contributed by atoms with Crippen molar-refractivity contribution in [1.29, 1.82) is 0 Å². The van der Waals surface area contributed by atoms with E-state index in [0.29, 0.717) is 39.2 Å². The highest BCUT2D eigenvalue weighted by Gasteiger charge is 2.47. The zero-order valence-electron chi connectivity index (χ0n) is 32.0. The molecule has 0 spiro atoms. The van der Waals surface area contributed by atoms with E-state index < -0.39 is 66.3 Å². The fourth-order valence-corrected chi connectivity index (χ4v) is 7.80. The molecule has 0 aromatic carbocycles. The predicted octanol–water partition coefficient (Wildman–Crippen LogP) is 3.26. The fraction of sp³-hybridized carbons (Fsp3) is 0.946. The Morgan fingerprint density at radius 1 is 1.00 bits per heavy atom. The Kier molecular flexibility index (Phi) is 18.4. The number of esters is 2. The topological polar surface area (TPSA) is 167 Å². The van der Waals surface area contributed by atoms with Gasteiger partial charge in [-0.25, -0.2) is 0 Å². The molecule has 2 fully saturated rings. The standard InChI is InChI=1S/C37H70N2O10/c1-11-28-20-24(6)47-36(32(28)42)49-33-23(5)19-22(4)21-39(18-14-16-38-17-15-30(40)46-13-3)27(9)34(43)37(10,45)29(12-2)48-35(44)26(8)31(41)25(33)7/h22-29,31-34,36,38,41-43,45H,11-21H2,1-10H3/t22-,23+,24?,25+,26-,27?,28+,29-,31+,32-,33+,34?,36+,37-/m1/s1. The van der Waals surface area contributed by atoms with Crippen LogP contribution in [0.25, 0.3) is 0 Å². The van der Waals surface area contributed by atoms with Gasteiger partial charge in [-0.05, 0) is 91.1 Å². The fourth-order valence-electron chi connectivity index (χ4n) is 7.80. The van der Waals surface area contributed by atoms with E-state index in [-0.39, 0.29) is 42.7 Å². The van der Waals surface area contributed by atoms with Gasteiger partial charge < -0.3 is 44.7 Å². The molecule has 0 saturated carbocycles. The van der Waals surface area contributed by atoms with Gasteiger partial charge in [0.05, 0.1) is 37.3 Å². The third-order valence-electron chi connectivity index (χ3n) is 10.9. The highest BCUT2D eigenvalue weighted by molar-refractivity contribution is 5.73. The van der Waals surface area contributed by atoms with E-state index in [4.69, 9.17) is 18.9 Å². The van der Waals surface area contributed by atoms with Crippen molar-refractivity contribution in [2.24, 2.45) is 29.6 Å². The Hall–Kier alpha value is -1.38. The van der Waals surface area contributed by atoms with Crippen LogP contribution < -0.4 is 5.32 Å². The number of nitrogens with one attached hydrogen (secondary N) is 1. The van der Waals surface area contributed by atoms with E-state index in [2.05, 4.69) is 24.1 Å². The number of nitrogens with zero attached hydrogens (tertiary/aromatic N) is 1. The number of carbonyl (C=O) groups excluding carboxylic acids is 2. The Labute approximate surface area is 295 Å². The van der Waals surface area contributed by atoms with Crippen LogP contribution in [0, 0.1) is 29.6 Å². The summed E-state index contributed by atoms with van der Waals surface area (Å²) in [5.41, 5.74) is -1.76. The van der Waals surface area contributed by atoms with E-state index in [9.17, 15) is 30.0 Å². The lowest BCUT2D eigenvalue weighted by atomic mass is 9.80. The maximum atomic E-state index is 13.5. The molecule has 0 amide bonds. The molecule has 0 aromatic heterocycles. The highest BCUT2D eigenvalue weighted by atomic mass is 16.7. The quantitative estimate of drug-likeness (QED) is 0.149. The second kappa shape index (κ2) is 20.6. The maximum absolute atomic E-state index is 13.5. The normalized spacial score (nSPS) is 40.6. The molecule has 2 saturated heterocycles. The number of carbonyl (C=O) groups is 2. The minimum Gasteiger partial charge on any atom is -0.466 e. The van der Waals surface area contributed by atoms with E-state index in [1.54, 1.807) is 20.8 Å². The summed E-state index contributed by atoms with van der Waals surface area (Å²) in [6, 6.07) is -0.489. The molecular weight excluding hydrogens is 632 g/mol. The summed E-state index contributed by atoms with van der Waals surface area (Å²) < 4.78 is 23.6. The average Bonchev–Trinajstić information content (AvgIpc) is 3.05. The zero-order valence-corrected chi connectivity index (χ0v) is 32.0. The minimum absolute atomic E-state index is 0.0271. The first-order valence-corrected chi connectivity index (χ1v) is 18.9. The molecule has 12 nitrogen and oxygen atoms in total. The van der Waals surface area contributed by atoms with Crippen LogP contribution in [0.15, 0.2) is 0 Å². The molecule has 0 bridgehead atoms. The smallest absolute Gasteiger partial charge is 0.311 e. The van der Waals surface area contributed by atoms with Gasteiger partial charge in [0.15, 0.2) is 6.29 Å². The summed E-state index contributed by atoms with van der Waals surface area (Å²) in [7, 11) is 0. The van der Waals surface area contributed by atoms with E-state index in [0.717, 1.165) is 19.3 Å². The van der Waals surface area contributed by atoms with Crippen LogP contribution in [0.2, 0.25) is 0 Å². The molecule has 14 atom stereocenters. The van der Waals surface area contributed by atoms with Gasteiger partial charge in [-0.15, -0.1) is 0 Å². The van der Waals surface area contributed by atoms with Crippen molar-refractivity contribution >= 4 is 11.9 Å². The summed E-state index contributed by atoms with van der Waals surface area (Å²) in [5.74, 6) is -2.33. The largest absolute Gasteiger partial charge is 0.466 e. The Morgan fingerprint density at radius 3 is 2.29 bits per heavy atom. The van der Waals surface area contributed by atoms with Crippen molar-refractivity contribution in [3.63, 3.8) is 0 Å². The molecule has 2 rings (SSSR count). The van der Waals surface area contributed by atoms with Crippen LogP contribution in [0.4, 0.5) is 0 Å². The first kappa shape index (κ1) is 43.8. The number of cyclic esters (lactones) is 1. The van der Waals surface area contributed by atoms with Gasteiger partial charge in [0.2, 0.25) is 0 Å². The molecule has 0 radical (unpaired) electrons. The second-order valence-electron chi connectivity index (χ2n) is 15.2. The van der Waals surface area contributed by atoms with Crippen molar-refractivity contribution in [2.45, 2.75) is 162 Å². The van der Waals surface area contributed by atoms with Gasteiger partial charge in [-0.1, -0.05) is 41.0 Å². The summed E-state index contributed by atoms with van der Waals surface area (Å²) in [4.78, 5) is 27.4. The first-order chi connectivity index (χ1) is 23.0. The first-order valence-electron chi connectivity index (χ1n) is 18.9. The van der Waals surface area contributed by atoms with E-state index in [1.807, 2.05) is 27.7 Å². The maximum Gasteiger partial charge on any atom is 0.311 e. The predicted molar refractivity (Wildman–Crippen MR) is 187 cm³/mol. The third kappa shape index (κ3) is 12.4. The summed E-state index contributed by atoms with van der Waals surface area (Å²) in [5, 5.41) is 49.4. The lowest BCUT2D eigenvalue weighted by Crippen LogP contribution is -2.59. The molecule has 3 unspecified atom stereocenters. The summed E-state index contributed by atoms with van der Waals surface area (Å²) in [6.07, 6.45) is -2.22. The number of aliphatic hydroxyl groups excluding tert-OH is 3. The SMILES string of the molecule is CCOC(=O)CCNCCCN1C[C@H](C)C[C@H](C)[C@H](O[C@@H]2OC(C)C[C@H](CC)[C@H]2O)[C@@H](C)[C@H](O)[C@@H](C)C(=O)O[C@H](CC)[C@@](C)(O)C(O)C1C. The number of ether oxygens (including phenoxy) is 4. The summed E-state index contributed by atoms with van der Waals surface area (Å²) >= 11 is 0. The van der Waals surface area contributed by atoms with Crippen LogP contribution in [-0.4, -0.2) is 125 Å². The van der Waals surface area contributed by atoms with Crippen LogP contribution in [0.3, 0.4) is 0 Å². The van der Waals surface area contributed by atoms with Crippen LogP contribution in [0.1, 0.15) is 108 Å². The van der Waals surface area contributed by atoms with Gasteiger partial charge in [0.25, 0.3) is 0 Å². The van der Waals surface area contributed by atoms with Crippen molar-refractivity contribution in [2.75, 3.05) is 32.8 Å². The molecule has 0 aromatic rings. The molecule has 49 heavy (non-hydrogen) atoms. The molecule has 12 heteroatoms. The zero-order chi connectivity index (χ0) is 37.1. The van der Waals surface area contributed by atoms with Crippen LogP contribution >= 0.6 is 0 Å². The van der Waals surface area contributed by atoms with Crippen LogP contribution in [0.5, 0.6) is 0 Å². The van der Waals surface area contributed by atoms with Gasteiger partial charge in [0, 0.05) is 25.0 Å². The van der Waals surface area contributed by atoms with E-state index >= 15 is 0 Å². The number of rotatable bonds is 12. The molecule has 288 valence electrons. The number of hydrogen-bond donors (Lipinski definition) is 5. The van der Waals surface area contributed by atoms with Crippen molar-refractivity contribution < 1.29 is 49.0 Å². The highest BCUT2D eigenvalue weighted by Crippen LogP contribution is 2.36. The van der Waals surface area contributed by atoms with Gasteiger partial charge in [-0.3, -0.25) is 14.5 Å². The monoisotopic (exact) mass is 703 g/mol. The molecule has 2 heterocycles. The average molecular weight is 703 g/mol. The number of hydrogen-bond acceptors (Lipinski definition) is 12. The molecule has 2 aliphatic rings. The Balaban J connectivity index is 2.39. The van der Waals surface area contributed by atoms with Crippen molar-refractivity contribution in [3.05, 3.63) is 0 Å². The van der Waals surface area contributed by atoms with Crippen molar-refractivity contribution in [3.8, 4) is 0 Å². The number of aliphatic hydroxyl groups is 4. The van der Waals surface area contributed by atoms with Crippen molar-refractivity contribution in [1.82, 2.24) is 10.2 Å². The Bertz CT molecular complexity index is 985. The lowest BCUT2D eigenvalue weighted by molar-refractivity contribution is -0.284. The molecule has 5 N–H and O–H groups in total. The molecule has 2 aliphatic heterocycles. The van der Waals surface area contributed by atoms with E-state index in [1.165, 1.54) is 6.92 Å². The molecular formula is C37H70N2O10. The van der Waals surface area contributed by atoms with Gasteiger partial charge >= 0.3 is 11.9 Å². The third-order valence-corrected chi connectivity index (χ3v) is 10.9. The molecule has 0 aliphatic carbocycles. The minimum atomic E-state index is -1.76. The summed E-state index contributed by atoms with van der Waals surface area (Å²) in [6.45, 7) is 21.4.